The van der Waals surface area contributed by atoms with Crippen molar-refractivity contribution in [2.75, 3.05) is 7.11 Å². The lowest BCUT2D eigenvalue weighted by Gasteiger charge is -2.05. The van der Waals surface area contributed by atoms with Crippen molar-refractivity contribution in [3.63, 3.8) is 0 Å². The van der Waals surface area contributed by atoms with Crippen LogP contribution in [0.1, 0.15) is 16.7 Å². The molecule has 0 bridgehead atoms. The lowest BCUT2D eigenvalue weighted by atomic mass is 10.2. The number of rotatable bonds is 6. The minimum Gasteiger partial charge on any atom is -0.497 e. The topological polar surface area (TPSA) is 29.5 Å². The molecule has 0 atom stereocenters. The molecule has 0 fully saturated rings. The molecule has 2 nitrogen and oxygen atoms in total. The van der Waals surface area contributed by atoms with Crippen molar-refractivity contribution < 1.29 is 9.84 Å². The van der Waals surface area contributed by atoms with Gasteiger partial charge in [-0.05, 0) is 28.8 Å². The number of methoxy groups -OCH3 is 1. The Labute approximate surface area is 118 Å². The molecule has 1 N–H and O–H groups in total. The molecule has 0 radical (unpaired) electrons. The first-order valence-electron chi connectivity index (χ1n) is 6.21. The molecule has 0 aliphatic rings. The standard InChI is InChI=1S/C16H18O2S/c1-18-16-8-6-15(7-9-16)12-19-11-14-4-2-13(10-17)3-5-14/h2-9,17H,10-12H2,1H3. The third-order valence-corrected chi connectivity index (χ3v) is 3.98. The number of aliphatic hydroxyl groups is 1. The van der Waals surface area contributed by atoms with E-state index in [9.17, 15) is 0 Å². The van der Waals surface area contributed by atoms with Gasteiger partial charge in [0.1, 0.15) is 5.75 Å². The normalized spacial score (nSPS) is 10.4. The van der Waals surface area contributed by atoms with Crippen molar-refractivity contribution in [2.45, 2.75) is 18.1 Å². The summed E-state index contributed by atoms with van der Waals surface area (Å²) in [6, 6.07) is 16.3. The van der Waals surface area contributed by atoms with E-state index in [0.29, 0.717) is 0 Å². The van der Waals surface area contributed by atoms with Crippen LogP contribution in [0.15, 0.2) is 48.5 Å². The Hall–Kier alpha value is -1.45. The van der Waals surface area contributed by atoms with Crippen molar-refractivity contribution >= 4 is 11.8 Å². The fourth-order valence-electron chi connectivity index (χ4n) is 1.75. The Kier molecular flexibility index (Phi) is 5.31. The molecular formula is C16H18O2S. The molecule has 2 aromatic rings. The van der Waals surface area contributed by atoms with Crippen LogP contribution in [0.5, 0.6) is 5.75 Å². The molecule has 2 rings (SSSR count). The molecule has 100 valence electrons. The maximum absolute atomic E-state index is 8.98. The van der Waals surface area contributed by atoms with Gasteiger partial charge in [0.2, 0.25) is 0 Å². The van der Waals surface area contributed by atoms with Gasteiger partial charge in [-0.25, -0.2) is 0 Å². The molecule has 0 amide bonds. The molecule has 0 aromatic heterocycles. The highest BCUT2D eigenvalue weighted by Gasteiger charge is 1.97. The number of aliphatic hydroxyl groups excluding tert-OH is 1. The zero-order valence-corrected chi connectivity index (χ0v) is 11.8. The lowest BCUT2D eigenvalue weighted by molar-refractivity contribution is 0.282. The van der Waals surface area contributed by atoms with Gasteiger partial charge < -0.3 is 9.84 Å². The zero-order chi connectivity index (χ0) is 13.5. The van der Waals surface area contributed by atoms with E-state index in [1.807, 2.05) is 36.0 Å². The highest BCUT2D eigenvalue weighted by molar-refractivity contribution is 7.97. The smallest absolute Gasteiger partial charge is 0.118 e. The fourth-order valence-corrected chi connectivity index (χ4v) is 2.71. The molecule has 19 heavy (non-hydrogen) atoms. The monoisotopic (exact) mass is 274 g/mol. The minimum absolute atomic E-state index is 0.110. The first kappa shape index (κ1) is 14.0. The second-order valence-corrected chi connectivity index (χ2v) is 5.30. The average Bonchev–Trinajstić information content (AvgIpc) is 2.49. The molecule has 0 heterocycles. The van der Waals surface area contributed by atoms with Crippen molar-refractivity contribution in [2.24, 2.45) is 0 Å². The predicted molar refractivity (Wildman–Crippen MR) is 80.4 cm³/mol. The van der Waals surface area contributed by atoms with Gasteiger partial charge in [-0.1, -0.05) is 36.4 Å². The predicted octanol–water partition coefficient (Wildman–Crippen LogP) is 3.62. The molecule has 0 unspecified atom stereocenters. The van der Waals surface area contributed by atoms with E-state index in [4.69, 9.17) is 9.84 Å². The van der Waals surface area contributed by atoms with Gasteiger partial charge in [0.15, 0.2) is 0 Å². The molecule has 3 heteroatoms. The molecule has 0 saturated heterocycles. The summed E-state index contributed by atoms with van der Waals surface area (Å²) < 4.78 is 5.14. The summed E-state index contributed by atoms with van der Waals surface area (Å²) in [5.74, 6) is 2.87. The molecule has 0 spiro atoms. The highest BCUT2D eigenvalue weighted by Crippen LogP contribution is 2.20. The molecule has 0 aliphatic heterocycles. The van der Waals surface area contributed by atoms with E-state index in [0.717, 1.165) is 22.8 Å². The maximum atomic E-state index is 8.98. The maximum Gasteiger partial charge on any atom is 0.118 e. The van der Waals surface area contributed by atoms with Crippen LogP contribution in [0.4, 0.5) is 0 Å². The quantitative estimate of drug-likeness (QED) is 0.872. The second-order valence-electron chi connectivity index (χ2n) is 4.32. The number of thioether (sulfide) groups is 1. The van der Waals surface area contributed by atoms with Gasteiger partial charge in [0.25, 0.3) is 0 Å². The van der Waals surface area contributed by atoms with E-state index < -0.39 is 0 Å². The van der Waals surface area contributed by atoms with Gasteiger partial charge in [-0.15, -0.1) is 0 Å². The summed E-state index contributed by atoms with van der Waals surface area (Å²) in [6.45, 7) is 0.110. The van der Waals surface area contributed by atoms with Gasteiger partial charge in [-0.2, -0.15) is 11.8 Å². The van der Waals surface area contributed by atoms with Crippen molar-refractivity contribution in [3.8, 4) is 5.75 Å². The van der Waals surface area contributed by atoms with Gasteiger partial charge in [-0.3, -0.25) is 0 Å². The molecule has 0 saturated carbocycles. The van der Waals surface area contributed by atoms with E-state index in [1.165, 1.54) is 11.1 Å². The second kappa shape index (κ2) is 7.22. The Morgan fingerprint density at radius 1 is 0.842 bits per heavy atom. The third-order valence-electron chi connectivity index (χ3n) is 2.90. The molecule has 0 aliphatic carbocycles. The largest absolute Gasteiger partial charge is 0.497 e. The van der Waals surface area contributed by atoms with Crippen LogP contribution in [0.25, 0.3) is 0 Å². The van der Waals surface area contributed by atoms with E-state index in [-0.39, 0.29) is 6.61 Å². The first-order valence-corrected chi connectivity index (χ1v) is 7.36. The summed E-state index contributed by atoms with van der Waals surface area (Å²) in [4.78, 5) is 0. The van der Waals surface area contributed by atoms with Crippen LogP contribution >= 0.6 is 11.8 Å². The van der Waals surface area contributed by atoms with Crippen molar-refractivity contribution in [1.82, 2.24) is 0 Å². The summed E-state index contributed by atoms with van der Waals surface area (Å²) in [7, 11) is 1.68. The highest BCUT2D eigenvalue weighted by atomic mass is 32.2. The zero-order valence-electron chi connectivity index (χ0n) is 11.0. The number of benzene rings is 2. The summed E-state index contributed by atoms with van der Waals surface area (Å²) in [6.07, 6.45) is 0. The Bertz CT molecular complexity index is 444. The fraction of sp³-hybridized carbons (Fsp3) is 0.250. The Morgan fingerprint density at radius 2 is 1.32 bits per heavy atom. The SMILES string of the molecule is COc1ccc(CSCc2ccc(CO)cc2)cc1. The molecular weight excluding hydrogens is 256 g/mol. The third kappa shape index (κ3) is 4.30. The summed E-state index contributed by atoms with van der Waals surface area (Å²) in [5, 5.41) is 8.98. The van der Waals surface area contributed by atoms with Gasteiger partial charge in [0.05, 0.1) is 13.7 Å². The van der Waals surface area contributed by atoms with E-state index >= 15 is 0 Å². The van der Waals surface area contributed by atoms with Crippen LogP contribution < -0.4 is 4.74 Å². The summed E-state index contributed by atoms with van der Waals surface area (Å²) >= 11 is 1.88. The van der Waals surface area contributed by atoms with Crippen LogP contribution in [0, 0.1) is 0 Å². The number of hydrogen-bond donors (Lipinski definition) is 1. The molecule has 2 aromatic carbocycles. The van der Waals surface area contributed by atoms with E-state index in [2.05, 4.69) is 24.3 Å². The van der Waals surface area contributed by atoms with Crippen molar-refractivity contribution in [3.05, 3.63) is 65.2 Å². The minimum atomic E-state index is 0.110. The van der Waals surface area contributed by atoms with Crippen LogP contribution in [-0.2, 0) is 18.1 Å². The van der Waals surface area contributed by atoms with Gasteiger partial charge >= 0.3 is 0 Å². The van der Waals surface area contributed by atoms with E-state index in [1.54, 1.807) is 7.11 Å². The number of ether oxygens (including phenoxy) is 1. The van der Waals surface area contributed by atoms with Gasteiger partial charge in [0, 0.05) is 11.5 Å². The van der Waals surface area contributed by atoms with Crippen LogP contribution in [0.3, 0.4) is 0 Å². The number of hydrogen-bond acceptors (Lipinski definition) is 3. The van der Waals surface area contributed by atoms with Crippen molar-refractivity contribution in [1.29, 1.82) is 0 Å². The summed E-state index contributed by atoms with van der Waals surface area (Å²) in [5.41, 5.74) is 3.55. The average molecular weight is 274 g/mol. The lowest BCUT2D eigenvalue weighted by Crippen LogP contribution is -1.87. The van der Waals surface area contributed by atoms with Crippen LogP contribution in [-0.4, -0.2) is 12.2 Å². The van der Waals surface area contributed by atoms with Crippen LogP contribution in [0.2, 0.25) is 0 Å². The first-order chi connectivity index (χ1) is 9.31. The Balaban J connectivity index is 1.81. The Morgan fingerprint density at radius 3 is 1.79 bits per heavy atom.